The topological polar surface area (TPSA) is 52.7 Å². The SMILES string of the molecule is CC(=O)NC1(c2ccccc2)CCN(C[C@@H]2C[C@@]2(C(=O)N(C)C(C)(C)c2ccccc2)c2ccc(Cl)c(Cl)c2)CC1. The molecule has 2 atom stereocenters. The lowest BCUT2D eigenvalue weighted by Crippen LogP contribution is -2.53. The van der Waals surface area contributed by atoms with Crippen molar-refractivity contribution in [3.8, 4) is 0 Å². The molecule has 0 spiro atoms. The summed E-state index contributed by atoms with van der Waals surface area (Å²) in [6.45, 7) is 8.25. The van der Waals surface area contributed by atoms with Gasteiger partial charge in [0.05, 0.1) is 26.5 Å². The largest absolute Gasteiger partial charge is 0.347 e. The Hall–Kier alpha value is -2.86. The number of carbonyl (C=O) groups excluding carboxylic acids is 2. The van der Waals surface area contributed by atoms with Gasteiger partial charge < -0.3 is 15.1 Å². The number of benzene rings is 3. The van der Waals surface area contributed by atoms with Crippen molar-refractivity contribution >= 4 is 35.0 Å². The number of carbonyl (C=O) groups is 2. The maximum atomic E-state index is 14.5. The second kappa shape index (κ2) is 11.4. The minimum absolute atomic E-state index is 0.0159. The Balaban J connectivity index is 1.38. The van der Waals surface area contributed by atoms with Crippen LogP contribution in [-0.2, 0) is 26.1 Å². The predicted molar refractivity (Wildman–Crippen MR) is 166 cm³/mol. The fourth-order valence-electron chi connectivity index (χ4n) is 6.66. The van der Waals surface area contributed by atoms with Crippen LogP contribution in [0.1, 0.15) is 56.7 Å². The molecule has 5 nitrogen and oxygen atoms in total. The van der Waals surface area contributed by atoms with Gasteiger partial charge in [0.15, 0.2) is 0 Å². The summed E-state index contributed by atoms with van der Waals surface area (Å²) in [6.07, 6.45) is 2.39. The van der Waals surface area contributed by atoms with Crippen molar-refractivity contribution in [2.24, 2.45) is 5.92 Å². The molecule has 3 aromatic rings. The molecule has 216 valence electrons. The predicted octanol–water partition coefficient (Wildman–Crippen LogP) is 6.77. The summed E-state index contributed by atoms with van der Waals surface area (Å²) in [5.41, 5.74) is 1.62. The quantitative estimate of drug-likeness (QED) is 0.314. The molecule has 1 aliphatic carbocycles. The number of amides is 2. The van der Waals surface area contributed by atoms with Gasteiger partial charge in [-0.3, -0.25) is 9.59 Å². The highest BCUT2D eigenvalue weighted by atomic mass is 35.5. The lowest BCUT2D eigenvalue weighted by atomic mass is 9.80. The van der Waals surface area contributed by atoms with E-state index in [9.17, 15) is 9.59 Å². The zero-order valence-electron chi connectivity index (χ0n) is 24.3. The van der Waals surface area contributed by atoms with Crippen LogP contribution in [0.15, 0.2) is 78.9 Å². The van der Waals surface area contributed by atoms with Crippen LogP contribution in [0.2, 0.25) is 10.0 Å². The van der Waals surface area contributed by atoms with E-state index in [4.69, 9.17) is 23.2 Å². The zero-order valence-corrected chi connectivity index (χ0v) is 25.8. The van der Waals surface area contributed by atoms with Crippen molar-refractivity contribution in [1.29, 1.82) is 0 Å². The molecule has 1 saturated carbocycles. The van der Waals surface area contributed by atoms with Gasteiger partial charge >= 0.3 is 0 Å². The maximum Gasteiger partial charge on any atom is 0.234 e. The van der Waals surface area contributed by atoms with Gasteiger partial charge in [-0.2, -0.15) is 0 Å². The number of rotatable bonds is 8. The molecule has 1 heterocycles. The number of likely N-dealkylation sites (tertiary alicyclic amines) is 1. The summed E-state index contributed by atoms with van der Waals surface area (Å²) in [7, 11) is 1.91. The summed E-state index contributed by atoms with van der Waals surface area (Å²) in [4.78, 5) is 31.0. The third-order valence-corrected chi connectivity index (χ3v) is 10.2. The average Bonchev–Trinajstić information content (AvgIpc) is 3.70. The van der Waals surface area contributed by atoms with Gasteiger partial charge in [-0.05, 0) is 67.9 Å². The van der Waals surface area contributed by atoms with E-state index in [0.717, 1.165) is 55.6 Å². The summed E-state index contributed by atoms with van der Waals surface area (Å²) >= 11 is 12.8. The van der Waals surface area contributed by atoms with Crippen LogP contribution in [0.3, 0.4) is 0 Å². The van der Waals surface area contributed by atoms with E-state index in [0.29, 0.717) is 10.0 Å². The Bertz CT molecular complexity index is 1400. The van der Waals surface area contributed by atoms with Crippen LogP contribution < -0.4 is 5.32 Å². The monoisotopic (exact) mass is 591 g/mol. The molecule has 1 saturated heterocycles. The lowest BCUT2D eigenvalue weighted by molar-refractivity contribution is -0.138. The minimum Gasteiger partial charge on any atom is -0.347 e. The molecule has 2 amide bonds. The van der Waals surface area contributed by atoms with E-state index in [-0.39, 0.29) is 23.3 Å². The number of hydrogen-bond donors (Lipinski definition) is 1. The van der Waals surface area contributed by atoms with Gasteiger partial charge in [-0.15, -0.1) is 0 Å². The summed E-state index contributed by atoms with van der Waals surface area (Å²) < 4.78 is 0. The molecule has 7 heteroatoms. The number of halogens is 2. The fraction of sp³-hybridized carbons (Fsp3) is 0.412. The molecule has 2 fully saturated rings. The second-order valence-electron chi connectivity index (χ2n) is 12.2. The first-order valence-electron chi connectivity index (χ1n) is 14.4. The number of hydrogen-bond acceptors (Lipinski definition) is 3. The van der Waals surface area contributed by atoms with Crippen LogP contribution in [0.4, 0.5) is 0 Å². The summed E-state index contributed by atoms with van der Waals surface area (Å²) in [5.74, 6) is 0.229. The highest BCUT2D eigenvalue weighted by Gasteiger charge is 2.63. The molecule has 1 N–H and O–H groups in total. The highest BCUT2D eigenvalue weighted by Crippen LogP contribution is 2.57. The molecule has 2 aliphatic rings. The number of nitrogens with one attached hydrogen (secondary N) is 1. The third-order valence-electron chi connectivity index (χ3n) is 9.47. The molecule has 0 aromatic heterocycles. The van der Waals surface area contributed by atoms with Gasteiger partial charge in [0.2, 0.25) is 11.8 Å². The van der Waals surface area contributed by atoms with Crippen LogP contribution in [-0.4, -0.2) is 48.3 Å². The maximum absolute atomic E-state index is 14.5. The van der Waals surface area contributed by atoms with Gasteiger partial charge in [-0.1, -0.05) is 89.9 Å². The Morgan fingerprint density at radius 2 is 1.54 bits per heavy atom. The smallest absolute Gasteiger partial charge is 0.234 e. The zero-order chi connectivity index (χ0) is 29.4. The molecule has 41 heavy (non-hydrogen) atoms. The van der Waals surface area contributed by atoms with E-state index in [1.165, 1.54) is 0 Å². The fourth-order valence-corrected chi connectivity index (χ4v) is 6.96. The van der Waals surface area contributed by atoms with Gasteiger partial charge in [-0.25, -0.2) is 0 Å². The van der Waals surface area contributed by atoms with E-state index < -0.39 is 11.0 Å². The van der Waals surface area contributed by atoms with Crippen LogP contribution in [0.25, 0.3) is 0 Å². The first kappa shape index (κ1) is 29.6. The molecule has 1 aliphatic heterocycles. The van der Waals surface area contributed by atoms with E-state index in [1.807, 2.05) is 60.5 Å². The standard InChI is InChI=1S/C34H39Cl2N3O2/c1-24(40)37-33(26-13-9-6-10-14-26)17-19-39(20-18-33)23-28-22-34(28,27-15-16-29(35)30(36)21-27)31(41)38(4)32(2,3)25-11-7-5-8-12-25/h5-16,21,28H,17-20,22-23H2,1-4H3,(H,37,40)/t28-,34+/m0/s1. The van der Waals surface area contributed by atoms with E-state index in [2.05, 4.69) is 48.3 Å². The first-order chi connectivity index (χ1) is 19.5. The number of likely N-dealkylation sites (N-methyl/N-ethyl adjacent to an activating group) is 1. The number of nitrogens with zero attached hydrogens (tertiary/aromatic N) is 2. The third kappa shape index (κ3) is 5.64. The Kier molecular flexibility index (Phi) is 8.26. The van der Waals surface area contributed by atoms with Crippen molar-refractivity contribution in [1.82, 2.24) is 15.1 Å². The van der Waals surface area contributed by atoms with E-state index >= 15 is 0 Å². The van der Waals surface area contributed by atoms with Gasteiger partial charge in [0, 0.05) is 33.6 Å². The molecule has 0 unspecified atom stereocenters. The molecule has 0 radical (unpaired) electrons. The molecule has 0 bridgehead atoms. The Morgan fingerprint density at radius 1 is 0.927 bits per heavy atom. The van der Waals surface area contributed by atoms with Crippen molar-refractivity contribution < 1.29 is 9.59 Å². The van der Waals surface area contributed by atoms with Crippen LogP contribution >= 0.6 is 23.2 Å². The van der Waals surface area contributed by atoms with Gasteiger partial charge in [0.25, 0.3) is 0 Å². The second-order valence-corrected chi connectivity index (χ2v) is 13.0. The van der Waals surface area contributed by atoms with Crippen LogP contribution in [0.5, 0.6) is 0 Å². The minimum atomic E-state index is -0.666. The van der Waals surface area contributed by atoms with Crippen molar-refractivity contribution in [3.63, 3.8) is 0 Å². The molecule has 5 rings (SSSR count). The Morgan fingerprint density at radius 3 is 2.12 bits per heavy atom. The Labute approximate surface area is 253 Å². The molecule has 3 aromatic carbocycles. The van der Waals surface area contributed by atoms with E-state index in [1.54, 1.807) is 13.0 Å². The van der Waals surface area contributed by atoms with Crippen molar-refractivity contribution in [2.75, 3.05) is 26.7 Å². The van der Waals surface area contributed by atoms with Crippen molar-refractivity contribution in [2.45, 2.75) is 56.5 Å². The van der Waals surface area contributed by atoms with Crippen LogP contribution in [0, 0.1) is 5.92 Å². The van der Waals surface area contributed by atoms with Gasteiger partial charge in [0.1, 0.15) is 0 Å². The molecular weight excluding hydrogens is 553 g/mol. The highest BCUT2D eigenvalue weighted by molar-refractivity contribution is 6.42. The normalized spacial score (nSPS) is 22.1. The molecular formula is C34H39Cl2N3O2. The lowest BCUT2D eigenvalue weighted by Gasteiger charge is -2.43. The average molecular weight is 593 g/mol. The number of piperidine rings is 1. The van der Waals surface area contributed by atoms with Crippen molar-refractivity contribution in [3.05, 3.63) is 106 Å². The summed E-state index contributed by atoms with van der Waals surface area (Å²) in [6, 6.07) is 26.1. The first-order valence-corrected chi connectivity index (χ1v) is 15.1. The summed E-state index contributed by atoms with van der Waals surface area (Å²) in [5, 5.41) is 4.22.